The first-order chi connectivity index (χ1) is 7.74. The fourth-order valence-electron chi connectivity index (χ4n) is 2.52. The van der Waals surface area contributed by atoms with Gasteiger partial charge in [-0.15, -0.1) is 0 Å². The van der Waals surface area contributed by atoms with E-state index in [-0.39, 0.29) is 11.9 Å². The fraction of sp³-hybridized carbons (Fsp3) is 0.385. The molecule has 2 atom stereocenters. The van der Waals surface area contributed by atoms with Crippen molar-refractivity contribution in [2.75, 3.05) is 0 Å². The lowest BCUT2D eigenvalue weighted by molar-refractivity contribution is 0.475. The van der Waals surface area contributed by atoms with Crippen LogP contribution in [0.5, 0.6) is 0 Å². The Morgan fingerprint density at radius 3 is 2.88 bits per heavy atom. The van der Waals surface area contributed by atoms with Crippen molar-refractivity contribution in [1.29, 1.82) is 0 Å². The maximum atomic E-state index is 13.4. The quantitative estimate of drug-likeness (QED) is 0.800. The summed E-state index contributed by atoms with van der Waals surface area (Å²) in [7, 11) is 0. The molecule has 3 heteroatoms. The van der Waals surface area contributed by atoms with Gasteiger partial charge in [0.1, 0.15) is 5.76 Å². The van der Waals surface area contributed by atoms with Gasteiger partial charge in [-0.05, 0) is 31.4 Å². The zero-order valence-corrected chi connectivity index (χ0v) is 8.95. The van der Waals surface area contributed by atoms with Crippen LogP contribution in [0, 0.1) is 5.82 Å². The second kappa shape index (κ2) is 3.59. The molecular formula is C13H14FNO. The van der Waals surface area contributed by atoms with Crippen LogP contribution in [0.4, 0.5) is 4.39 Å². The van der Waals surface area contributed by atoms with Gasteiger partial charge < -0.3 is 10.2 Å². The Morgan fingerprint density at radius 1 is 1.31 bits per heavy atom. The Labute approximate surface area is 93.2 Å². The van der Waals surface area contributed by atoms with Crippen molar-refractivity contribution in [2.45, 2.75) is 31.2 Å². The Kier molecular flexibility index (Phi) is 2.21. The van der Waals surface area contributed by atoms with E-state index in [1.165, 1.54) is 6.07 Å². The molecule has 0 amide bonds. The third-order valence-corrected chi connectivity index (χ3v) is 3.39. The van der Waals surface area contributed by atoms with Crippen LogP contribution in [0.1, 0.15) is 30.9 Å². The van der Waals surface area contributed by atoms with Gasteiger partial charge in [0.25, 0.3) is 0 Å². The summed E-state index contributed by atoms with van der Waals surface area (Å²) in [6, 6.07) is 7.22. The van der Waals surface area contributed by atoms with E-state index >= 15 is 0 Å². The van der Waals surface area contributed by atoms with E-state index in [0.717, 1.165) is 30.4 Å². The normalized spacial score (nSPS) is 25.4. The zero-order chi connectivity index (χ0) is 11.1. The summed E-state index contributed by atoms with van der Waals surface area (Å²) >= 11 is 0. The van der Waals surface area contributed by atoms with Gasteiger partial charge in [-0.3, -0.25) is 0 Å². The highest BCUT2D eigenvalue weighted by Gasteiger charge is 2.26. The second-order valence-electron chi connectivity index (χ2n) is 4.58. The lowest BCUT2D eigenvalue weighted by Crippen LogP contribution is -2.14. The standard InChI is InChI=1S/C13H14FNO/c14-11-3-1-2-9-7-12(16-13(9)11)8-4-5-10(15)6-8/h1-3,7-8,10H,4-6,15H2. The van der Waals surface area contributed by atoms with E-state index < -0.39 is 0 Å². The molecule has 1 aromatic carbocycles. The lowest BCUT2D eigenvalue weighted by atomic mass is 10.0. The van der Waals surface area contributed by atoms with E-state index in [9.17, 15) is 4.39 Å². The number of fused-ring (bicyclic) bond motifs is 1. The maximum Gasteiger partial charge on any atom is 0.169 e. The molecular weight excluding hydrogens is 205 g/mol. The minimum Gasteiger partial charge on any atom is -0.458 e. The van der Waals surface area contributed by atoms with Crippen molar-refractivity contribution in [3.05, 3.63) is 35.8 Å². The summed E-state index contributed by atoms with van der Waals surface area (Å²) in [5.74, 6) is 0.959. The summed E-state index contributed by atoms with van der Waals surface area (Å²) in [5.41, 5.74) is 6.24. The van der Waals surface area contributed by atoms with Crippen molar-refractivity contribution in [2.24, 2.45) is 5.73 Å². The summed E-state index contributed by atoms with van der Waals surface area (Å²) in [6.07, 6.45) is 3.02. The van der Waals surface area contributed by atoms with Crippen molar-refractivity contribution in [3.63, 3.8) is 0 Å². The first-order valence-electron chi connectivity index (χ1n) is 5.67. The van der Waals surface area contributed by atoms with Crippen LogP contribution in [0.2, 0.25) is 0 Å². The monoisotopic (exact) mass is 219 g/mol. The van der Waals surface area contributed by atoms with Crippen molar-refractivity contribution in [1.82, 2.24) is 0 Å². The Bertz CT molecular complexity index is 520. The van der Waals surface area contributed by atoms with E-state index in [1.54, 1.807) is 6.07 Å². The Balaban J connectivity index is 2.02. The van der Waals surface area contributed by atoms with E-state index in [4.69, 9.17) is 10.2 Å². The number of hydrogen-bond donors (Lipinski definition) is 1. The molecule has 2 nitrogen and oxygen atoms in total. The molecule has 1 heterocycles. The number of benzene rings is 1. The summed E-state index contributed by atoms with van der Waals surface area (Å²) in [4.78, 5) is 0. The molecule has 1 aliphatic rings. The summed E-state index contributed by atoms with van der Waals surface area (Å²) in [6.45, 7) is 0. The lowest BCUT2D eigenvalue weighted by Gasteiger charge is -2.04. The predicted molar refractivity (Wildman–Crippen MR) is 60.7 cm³/mol. The molecule has 2 N–H and O–H groups in total. The molecule has 84 valence electrons. The molecule has 0 bridgehead atoms. The van der Waals surface area contributed by atoms with Gasteiger partial charge >= 0.3 is 0 Å². The molecule has 0 radical (unpaired) electrons. The van der Waals surface area contributed by atoms with Gasteiger partial charge in [0.05, 0.1) is 0 Å². The number of furan rings is 1. The minimum absolute atomic E-state index is 0.267. The third kappa shape index (κ3) is 1.52. The summed E-state index contributed by atoms with van der Waals surface area (Å²) < 4.78 is 19.0. The second-order valence-corrected chi connectivity index (χ2v) is 4.58. The average molecular weight is 219 g/mol. The molecule has 0 spiro atoms. The number of nitrogens with two attached hydrogens (primary N) is 1. The molecule has 2 aromatic rings. The Hall–Kier alpha value is -1.35. The predicted octanol–water partition coefficient (Wildman–Crippen LogP) is 3.17. The first-order valence-corrected chi connectivity index (χ1v) is 5.67. The van der Waals surface area contributed by atoms with Crippen molar-refractivity contribution in [3.8, 4) is 0 Å². The highest BCUT2D eigenvalue weighted by atomic mass is 19.1. The molecule has 3 rings (SSSR count). The SMILES string of the molecule is NC1CCC(c2cc3cccc(F)c3o2)C1. The largest absolute Gasteiger partial charge is 0.458 e. The van der Waals surface area contributed by atoms with Gasteiger partial charge in [0.15, 0.2) is 11.4 Å². The number of rotatable bonds is 1. The van der Waals surface area contributed by atoms with Crippen LogP contribution in [0.25, 0.3) is 11.0 Å². The van der Waals surface area contributed by atoms with Crippen LogP contribution >= 0.6 is 0 Å². The first kappa shape index (κ1) is 9.85. The zero-order valence-electron chi connectivity index (χ0n) is 8.95. The molecule has 16 heavy (non-hydrogen) atoms. The molecule has 1 aromatic heterocycles. The molecule has 0 aliphatic heterocycles. The van der Waals surface area contributed by atoms with Gasteiger partial charge in [-0.2, -0.15) is 0 Å². The number of para-hydroxylation sites is 1. The molecule has 2 unspecified atom stereocenters. The van der Waals surface area contributed by atoms with Crippen molar-refractivity contribution < 1.29 is 8.81 Å². The van der Waals surface area contributed by atoms with Gasteiger partial charge in [-0.25, -0.2) is 4.39 Å². The number of hydrogen-bond acceptors (Lipinski definition) is 2. The highest BCUT2D eigenvalue weighted by molar-refractivity contribution is 5.78. The van der Waals surface area contributed by atoms with E-state index in [1.807, 2.05) is 12.1 Å². The summed E-state index contributed by atoms with van der Waals surface area (Å²) in [5, 5.41) is 0.843. The van der Waals surface area contributed by atoms with Crippen LogP contribution in [-0.4, -0.2) is 6.04 Å². The highest BCUT2D eigenvalue weighted by Crippen LogP contribution is 2.36. The fourth-order valence-corrected chi connectivity index (χ4v) is 2.52. The van der Waals surface area contributed by atoms with E-state index in [2.05, 4.69) is 0 Å². The maximum absolute atomic E-state index is 13.4. The van der Waals surface area contributed by atoms with Crippen molar-refractivity contribution >= 4 is 11.0 Å². The van der Waals surface area contributed by atoms with Gasteiger partial charge in [0, 0.05) is 17.3 Å². The molecule has 0 saturated heterocycles. The molecule has 1 fully saturated rings. The van der Waals surface area contributed by atoms with Gasteiger partial charge in [-0.1, -0.05) is 12.1 Å². The average Bonchev–Trinajstić information content (AvgIpc) is 2.84. The minimum atomic E-state index is -0.286. The van der Waals surface area contributed by atoms with E-state index in [0.29, 0.717) is 11.5 Å². The number of halogens is 1. The van der Waals surface area contributed by atoms with Gasteiger partial charge in [0.2, 0.25) is 0 Å². The van der Waals surface area contributed by atoms with Crippen LogP contribution in [-0.2, 0) is 0 Å². The third-order valence-electron chi connectivity index (χ3n) is 3.39. The topological polar surface area (TPSA) is 39.2 Å². The molecule has 1 aliphatic carbocycles. The molecule has 1 saturated carbocycles. The smallest absolute Gasteiger partial charge is 0.169 e. The Morgan fingerprint density at radius 2 is 2.19 bits per heavy atom. The van der Waals surface area contributed by atoms with Crippen LogP contribution in [0.15, 0.2) is 28.7 Å². The van der Waals surface area contributed by atoms with Crippen LogP contribution < -0.4 is 5.73 Å². The van der Waals surface area contributed by atoms with Crippen LogP contribution in [0.3, 0.4) is 0 Å².